The molecule has 2 aromatic heterocycles. The number of aryl methyl sites for hydroxylation is 1. The highest BCUT2D eigenvalue weighted by Crippen LogP contribution is 2.31. The predicted molar refractivity (Wildman–Crippen MR) is 104 cm³/mol. The van der Waals surface area contributed by atoms with Crippen molar-refractivity contribution < 1.29 is 4.79 Å². The molecule has 1 N–H and O–H groups in total. The smallest absolute Gasteiger partial charge is 0.255 e. The Morgan fingerprint density at radius 2 is 2.15 bits per heavy atom. The van der Waals surface area contributed by atoms with Gasteiger partial charge in [-0.05, 0) is 56.6 Å². The average Bonchev–Trinajstić information content (AvgIpc) is 3.06. The van der Waals surface area contributed by atoms with E-state index in [2.05, 4.69) is 15.3 Å². The highest BCUT2D eigenvalue weighted by Gasteiger charge is 2.24. The molecular weight excluding hydrogens is 370 g/mol. The van der Waals surface area contributed by atoms with Gasteiger partial charge in [-0.3, -0.25) is 4.79 Å². The highest BCUT2D eigenvalue weighted by molar-refractivity contribution is 7.99. The molecule has 1 amide bonds. The van der Waals surface area contributed by atoms with E-state index in [1.807, 2.05) is 29.8 Å². The van der Waals surface area contributed by atoms with Gasteiger partial charge in [0.1, 0.15) is 5.03 Å². The van der Waals surface area contributed by atoms with E-state index in [4.69, 9.17) is 11.6 Å². The lowest BCUT2D eigenvalue weighted by Crippen LogP contribution is -2.39. The second kappa shape index (κ2) is 8.88. The van der Waals surface area contributed by atoms with Crippen molar-refractivity contribution >= 4 is 29.3 Å². The van der Waals surface area contributed by atoms with Crippen LogP contribution < -0.4 is 5.32 Å². The quantitative estimate of drug-likeness (QED) is 0.817. The Morgan fingerprint density at radius 1 is 1.38 bits per heavy atom. The first kappa shape index (κ1) is 19.2. The summed E-state index contributed by atoms with van der Waals surface area (Å²) in [7, 11) is 3.90. The van der Waals surface area contributed by atoms with Crippen molar-refractivity contribution in [3.05, 3.63) is 35.2 Å². The van der Waals surface area contributed by atoms with Gasteiger partial charge in [0.05, 0.1) is 10.6 Å². The monoisotopic (exact) mass is 393 g/mol. The van der Waals surface area contributed by atoms with Crippen LogP contribution in [0.15, 0.2) is 34.8 Å². The predicted octanol–water partition coefficient (Wildman–Crippen LogP) is 3.08. The fourth-order valence-electron chi connectivity index (χ4n) is 3.11. The molecule has 3 heterocycles. The van der Waals surface area contributed by atoms with Crippen LogP contribution in [0.1, 0.15) is 29.6 Å². The number of imidazole rings is 1. The van der Waals surface area contributed by atoms with Gasteiger partial charge < -0.3 is 14.8 Å². The summed E-state index contributed by atoms with van der Waals surface area (Å²) in [6.07, 6.45) is 8.50. The maximum Gasteiger partial charge on any atom is 0.255 e. The number of amides is 1. The van der Waals surface area contributed by atoms with Gasteiger partial charge in [0.15, 0.2) is 5.16 Å². The fraction of sp³-hybridized carbons (Fsp3) is 0.500. The van der Waals surface area contributed by atoms with Crippen LogP contribution in [0.25, 0.3) is 0 Å². The van der Waals surface area contributed by atoms with Crippen molar-refractivity contribution in [1.82, 2.24) is 24.8 Å². The normalized spacial score (nSPS) is 15.4. The number of aromatic nitrogens is 3. The topological polar surface area (TPSA) is 63.1 Å². The van der Waals surface area contributed by atoms with Crippen molar-refractivity contribution in [3.8, 4) is 0 Å². The molecule has 0 atom stereocenters. The van der Waals surface area contributed by atoms with Crippen LogP contribution in [0.4, 0.5) is 0 Å². The minimum Gasteiger partial charge on any atom is -0.339 e. The minimum absolute atomic E-state index is 0.0139. The van der Waals surface area contributed by atoms with E-state index in [9.17, 15) is 4.79 Å². The lowest BCUT2D eigenvalue weighted by atomic mass is 9.93. The van der Waals surface area contributed by atoms with E-state index in [1.165, 1.54) is 18.2 Å². The molecular formula is C18H24ClN5OS. The summed E-state index contributed by atoms with van der Waals surface area (Å²) in [5.41, 5.74) is 0.549. The van der Waals surface area contributed by atoms with Gasteiger partial charge in [-0.2, -0.15) is 0 Å². The van der Waals surface area contributed by atoms with Crippen molar-refractivity contribution in [2.45, 2.75) is 29.4 Å². The molecule has 2 aromatic rings. The van der Waals surface area contributed by atoms with Gasteiger partial charge in [-0.1, -0.05) is 11.6 Å². The molecule has 26 heavy (non-hydrogen) atoms. The molecule has 1 saturated heterocycles. The second-order valence-electron chi connectivity index (χ2n) is 6.56. The zero-order valence-electron chi connectivity index (χ0n) is 15.1. The van der Waals surface area contributed by atoms with E-state index in [1.54, 1.807) is 18.5 Å². The fourth-order valence-corrected chi connectivity index (χ4v) is 4.15. The number of hydrogen-bond donors (Lipinski definition) is 1. The Hall–Kier alpha value is -1.57. The molecule has 6 nitrogen and oxygen atoms in total. The number of pyridine rings is 1. The summed E-state index contributed by atoms with van der Waals surface area (Å²) < 4.78 is 1.90. The van der Waals surface area contributed by atoms with Crippen LogP contribution in [0.5, 0.6) is 0 Å². The number of piperidine rings is 1. The number of carbonyl (C=O) groups is 1. The number of likely N-dealkylation sites (tertiary alicyclic amines) is 1. The van der Waals surface area contributed by atoms with Gasteiger partial charge in [0.2, 0.25) is 0 Å². The average molecular weight is 394 g/mol. The molecule has 140 valence electrons. The second-order valence-corrected chi connectivity index (χ2v) is 7.92. The highest BCUT2D eigenvalue weighted by atomic mass is 35.5. The number of rotatable bonds is 6. The van der Waals surface area contributed by atoms with Crippen molar-refractivity contribution in [2.24, 2.45) is 13.0 Å². The van der Waals surface area contributed by atoms with E-state index in [0.717, 1.165) is 37.6 Å². The van der Waals surface area contributed by atoms with Crippen LogP contribution >= 0.6 is 23.4 Å². The summed E-state index contributed by atoms with van der Waals surface area (Å²) in [6, 6.07) is 1.72. The molecule has 1 aliphatic rings. The van der Waals surface area contributed by atoms with Crippen LogP contribution in [-0.4, -0.2) is 52.0 Å². The van der Waals surface area contributed by atoms with Crippen LogP contribution in [-0.2, 0) is 7.05 Å². The number of carbonyl (C=O) groups excluding carboxylic acids is 1. The Bertz CT molecular complexity index is 758. The van der Waals surface area contributed by atoms with Gasteiger partial charge in [0, 0.05) is 38.7 Å². The molecule has 3 rings (SSSR count). The molecule has 0 unspecified atom stereocenters. The molecule has 0 bridgehead atoms. The Kier molecular flexibility index (Phi) is 6.56. The molecule has 0 spiro atoms. The van der Waals surface area contributed by atoms with Crippen molar-refractivity contribution in [1.29, 1.82) is 0 Å². The molecule has 0 aliphatic carbocycles. The first-order chi connectivity index (χ1) is 12.6. The van der Waals surface area contributed by atoms with Gasteiger partial charge in [-0.15, -0.1) is 0 Å². The summed E-state index contributed by atoms with van der Waals surface area (Å²) in [4.78, 5) is 23.3. The summed E-state index contributed by atoms with van der Waals surface area (Å²) >= 11 is 7.75. The largest absolute Gasteiger partial charge is 0.339 e. The molecule has 1 fully saturated rings. The third kappa shape index (κ3) is 4.58. The van der Waals surface area contributed by atoms with Crippen molar-refractivity contribution in [2.75, 3.05) is 26.7 Å². The third-order valence-electron chi connectivity index (χ3n) is 4.72. The number of nitrogens with one attached hydrogen (secondary N) is 1. The third-order valence-corrected chi connectivity index (χ3v) is 6.22. The molecule has 0 saturated carbocycles. The lowest BCUT2D eigenvalue weighted by molar-refractivity contribution is 0.0686. The lowest BCUT2D eigenvalue weighted by Gasteiger charge is -2.32. The van der Waals surface area contributed by atoms with E-state index in [-0.39, 0.29) is 5.91 Å². The van der Waals surface area contributed by atoms with Crippen molar-refractivity contribution in [3.63, 3.8) is 0 Å². The first-order valence-corrected chi connectivity index (χ1v) is 10.0. The van der Waals surface area contributed by atoms with E-state index < -0.39 is 0 Å². The van der Waals surface area contributed by atoms with E-state index in [0.29, 0.717) is 21.5 Å². The van der Waals surface area contributed by atoms with Gasteiger partial charge >= 0.3 is 0 Å². The Balaban J connectivity index is 1.62. The van der Waals surface area contributed by atoms with Gasteiger partial charge in [0.25, 0.3) is 5.91 Å². The number of hydrogen-bond acceptors (Lipinski definition) is 5. The summed E-state index contributed by atoms with van der Waals surface area (Å²) in [5.74, 6) is 0.713. The molecule has 8 heteroatoms. The van der Waals surface area contributed by atoms with Gasteiger partial charge in [-0.25, -0.2) is 9.97 Å². The zero-order chi connectivity index (χ0) is 18.5. The number of halogens is 1. The maximum atomic E-state index is 12.7. The van der Waals surface area contributed by atoms with Crippen LogP contribution in [0.2, 0.25) is 5.02 Å². The molecule has 0 aromatic carbocycles. The number of nitrogens with zero attached hydrogens (tertiary/aromatic N) is 4. The molecule has 1 aliphatic heterocycles. The SMILES string of the molecule is CNCCC1CCN(C(=O)c2cnc(Sc3nccn3C)c(Cl)c2)CC1. The summed E-state index contributed by atoms with van der Waals surface area (Å²) in [6.45, 7) is 2.64. The minimum atomic E-state index is 0.0139. The van der Waals surface area contributed by atoms with Crippen LogP contribution in [0, 0.1) is 5.92 Å². The maximum absolute atomic E-state index is 12.7. The standard InChI is InChI=1S/C18H24ClN5OS/c1-20-6-3-13-4-8-24(9-5-13)17(25)14-11-15(19)16(22-12-14)26-18-21-7-10-23(18)2/h7,10-13,20H,3-6,8-9H2,1-2H3. The zero-order valence-corrected chi connectivity index (χ0v) is 16.7. The first-order valence-electron chi connectivity index (χ1n) is 8.83. The summed E-state index contributed by atoms with van der Waals surface area (Å²) in [5, 5.41) is 5.14. The van der Waals surface area contributed by atoms with Crippen LogP contribution in [0.3, 0.4) is 0 Å². The molecule has 0 radical (unpaired) electrons. The Labute approximate surface area is 163 Å². The Morgan fingerprint density at radius 3 is 2.77 bits per heavy atom. The van der Waals surface area contributed by atoms with E-state index >= 15 is 0 Å².